The van der Waals surface area contributed by atoms with E-state index < -0.39 is 0 Å². The molecule has 0 amide bonds. The van der Waals surface area contributed by atoms with Crippen LogP contribution in [-0.2, 0) is 4.79 Å². The maximum Gasteiger partial charge on any atom is 0.132 e. The van der Waals surface area contributed by atoms with E-state index in [0.717, 1.165) is 6.42 Å². The molecular weight excluding hydrogens is 256 g/mol. The summed E-state index contributed by atoms with van der Waals surface area (Å²) in [6.07, 6.45) is 25.7. The summed E-state index contributed by atoms with van der Waals surface area (Å²) < 4.78 is 0. The lowest BCUT2D eigenvalue weighted by molar-refractivity contribution is -0.118. The lowest BCUT2D eigenvalue weighted by Gasteiger charge is -1.97. The summed E-state index contributed by atoms with van der Waals surface area (Å²) in [5, 5.41) is 0. The molecule has 0 aliphatic heterocycles. The first-order chi connectivity index (χ1) is 10.3. The molecule has 0 rings (SSSR count). The third-order valence-corrected chi connectivity index (χ3v) is 3.54. The van der Waals surface area contributed by atoms with Crippen molar-refractivity contribution in [2.45, 2.75) is 84.5 Å². The number of hydrogen-bond donors (Lipinski definition) is 0. The number of unbranched alkanes of at least 4 members (excludes halogenated alkanes) is 6. The quantitative estimate of drug-likeness (QED) is 0.262. The van der Waals surface area contributed by atoms with Crippen LogP contribution in [0.15, 0.2) is 36.5 Å². The Kier molecular flexibility index (Phi) is 16.0. The molecular formula is C20H34O. The zero-order valence-corrected chi connectivity index (χ0v) is 14.2. The highest BCUT2D eigenvalue weighted by Gasteiger charge is 1.94. The third-order valence-electron chi connectivity index (χ3n) is 3.54. The molecule has 0 aromatic rings. The van der Waals surface area contributed by atoms with E-state index >= 15 is 0 Å². The highest BCUT2D eigenvalue weighted by atomic mass is 16.1. The molecule has 0 unspecified atom stereocenters. The second-order valence-corrected chi connectivity index (χ2v) is 5.51. The number of Topliss-reactive ketones (excluding diaryl/α,β-unsaturated/α-hetero) is 1. The van der Waals surface area contributed by atoms with Gasteiger partial charge in [0.15, 0.2) is 0 Å². The Labute approximate surface area is 132 Å². The van der Waals surface area contributed by atoms with E-state index in [1.807, 2.05) is 6.92 Å². The second-order valence-electron chi connectivity index (χ2n) is 5.51. The van der Waals surface area contributed by atoms with Crippen LogP contribution in [0.4, 0.5) is 0 Å². The number of carbonyl (C=O) groups excluding carboxylic acids is 1. The van der Waals surface area contributed by atoms with Gasteiger partial charge in [-0.15, -0.1) is 0 Å². The van der Waals surface area contributed by atoms with Crippen molar-refractivity contribution in [3.63, 3.8) is 0 Å². The summed E-state index contributed by atoms with van der Waals surface area (Å²) in [4.78, 5) is 11.1. The van der Waals surface area contributed by atoms with E-state index in [1.54, 1.807) is 0 Å². The van der Waals surface area contributed by atoms with E-state index in [0.29, 0.717) is 18.6 Å². The number of rotatable bonds is 14. The van der Waals surface area contributed by atoms with Crippen LogP contribution in [0.1, 0.15) is 84.5 Å². The van der Waals surface area contributed by atoms with Crippen LogP contribution in [0, 0.1) is 0 Å². The Morgan fingerprint density at radius 1 is 0.714 bits per heavy atom. The fourth-order valence-corrected chi connectivity index (χ4v) is 2.13. The molecule has 120 valence electrons. The van der Waals surface area contributed by atoms with E-state index in [4.69, 9.17) is 0 Å². The van der Waals surface area contributed by atoms with Gasteiger partial charge in [0.1, 0.15) is 5.78 Å². The number of ketones is 1. The van der Waals surface area contributed by atoms with Crippen molar-refractivity contribution >= 4 is 5.78 Å². The monoisotopic (exact) mass is 290 g/mol. The molecule has 0 bridgehead atoms. The molecule has 0 saturated heterocycles. The zero-order valence-electron chi connectivity index (χ0n) is 14.2. The van der Waals surface area contributed by atoms with Crippen LogP contribution < -0.4 is 0 Å². The van der Waals surface area contributed by atoms with Gasteiger partial charge in [-0.25, -0.2) is 0 Å². The third kappa shape index (κ3) is 16.8. The molecule has 0 radical (unpaired) electrons. The van der Waals surface area contributed by atoms with Crippen molar-refractivity contribution in [1.82, 2.24) is 0 Å². The van der Waals surface area contributed by atoms with Gasteiger partial charge in [0.25, 0.3) is 0 Å². The van der Waals surface area contributed by atoms with Crippen LogP contribution in [0.5, 0.6) is 0 Å². The van der Waals surface area contributed by atoms with Crippen LogP contribution in [0.25, 0.3) is 0 Å². The maximum atomic E-state index is 11.1. The predicted octanol–water partition coefficient (Wildman–Crippen LogP) is 6.56. The van der Waals surface area contributed by atoms with Crippen molar-refractivity contribution in [3.8, 4) is 0 Å². The standard InChI is InChI=1S/C20H34O/c1-3-5-6-7-8-9-10-11-12-13-14-15-16-17-18-19-20(21)4-2/h3,5,8-9,16-17H,4,6-7,10-15,18-19H2,1-2H3/b5-3+,9-8+,17-16+. The van der Waals surface area contributed by atoms with Crippen LogP contribution >= 0.6 is 0 Å². The highest BCUT2D eigenvalue weighted by Crippen LogP contribution is 2.07. The molecule has 0 spiro atoms. The molecule has 0 aliphatic carbocycles. The van der Waals surface area contributed by atoms with Gasteiger partial charge in [-0.05, 0) is 51.9 Å². The summed E-state index contributed by atoms with van der Waals surface area (Å²) in [6, 6.07) is 0. The lowest BCUT2D eigenvalue weighted by atomic mass is 10.1. The summed E-state index contributed by atoms with van der Waals surface area (Å²) >= 11 is 0. The van der Waals surface area contributed by atoms with Gasteiger partial charge in [0.05, 0.1) is 0 Å². The van der Waals surface area contributed by atoms with Crippen molar-refractivity contribution in [2.75, 3.05) is 0 Å². The molecule has 1 nitrogen and oxygen atoms in total. The summed E-state index contributed by atoms with van der Waals surface area (Å²) in [7, 11) is 0. The molecule has 21 heavy (non-hydrogen) atoms. The topological polar surface area (TPSA) is 17.1 Å². The SMILES string of the molecule is C/C=C/CC/C=C/CCCCCC/C=C/CCC(=O)CC. The van der Waals surface area contributed by atoms with E-state index in [9.17, 15) is 4.79 Å². The Balaban J connectivity index is 3.21. The van der Waals surface area contributed by atoms with Gasteiger partial charge in [-0.1, -0.05) is 56.2 Å². The van der Waals surface area contributed by atoms with Crippen molar-refractivity contribution in [1.29, 1.82) is 0 Å². The summed E-state index contributed by atoms with van der Waals surface area (Å²) in [5.41, 5.74) is 0. The highest BCUT2D eigenvalue weighted by molar-refractivity contribution is 5.78. The average molecular weight is 290 g/mol. The first-order valence-electron chi connectivity index (χ1n) is 8.74. The molecule has 0 saturated carbocycles. The molecule has 0 atom stereocenters. The molecule has 0 N–H and O–H groups in total. The molecule has 0 aromatic carbocycles. The van der Waals surface area contributed by atoms with Gasteiger partial charge in [0, 0.05) is 12.8 Å². The zero-order chi connectivity index (χ0) is 15.6. The van der Waals surface area contributed by atoms with E-state index in [1.165, 1.54) is 51.4 Å². The van der Waals surface area contributed by atoms with Crippen molar-refractivity contribution < 1.29 is 4.79 Å². The molecule has 0 fully saturated rings. The second kappa shape index (κ2) is 16.9. The summed E-state index contributed by atoms with van der Waals surface area (Å²) in [5.74, 6) is 0.374. The first-order valence-corrected chi connectivity index (χ1v) is 8.74. The minimum atomic E-state index is 0.374. The largest absolute Gasteiger partial charge is 0.300 e. The minimum absolute atomic E-state index is 0.374. The number of carbonyl (C=O) groups is 1. The fourth-order valence-electron chi connectivity index (χ4n) is 2.13. The van der Waals surface area contributed by atoms with E-state index in [-0.39, 0.29) is 0 Å². The van der Waals surface area contributed by atoms with Gasteiger partial charge in [0.2, 0.25) is 0 Å². The van der Waals surface area contributed by atoms with Crippen molar-refractivity contribution in [2.24, 2.45) is 0 Å². The Hall–Kier alpha value is -1.11. The van der Waals surface area contributed by atoms with E-state index in [2.05, 4.69) is 43.4 Å². The van der Waals surface area contributed by atoms with Gasteiger partial charge in [-0.2, -0.15) is 0 Å². The molecule has 0 aromatic heterocycles. The Morgan fingerprint density at radius 3 is 1.81 bits per heavy atom. The van der Waals surface area contributed by atoms with Crippen LogP contribution in [-0.4, -0.2) is 5.78 Å². The summed E-state index contributed by atoms with van der Waals surface area (Å²) in [6.45, 7) is 4.01. The van der Waals surface area contributed by atoms with Crippen LogP contribution in [0.2, 0.25) is 0 Å². The fraction of sp³-hybridized carbons (Fsp3) is 0.650. The average Bonchev–Trinajstić information content (AvgIpc) is 2.50. The van der Waals surface area contributed by atoms with Crippen molar-refractivity contribution in [3.05, 3.63) is 36.5 Å². The lowest BCUT2D eigenvalue weighted by Crippen LogP contribution is -1.92. The minimum Gasteiger partial charge on any atom is -0.300 e. The van der Waals surface area contributed by atoms with Gasteiger partial charge < -0.3 is 0 Å². The number of hydrogen-bond acceptors (Lipinski definition) is 1. The normalized spacial score (nSPS) is 12.1. The van der Waals surface area contributed by atoms with Gasteiger partial charge in [-0.3, -0.25) is 4.79 Å². The number of allylic oxidation sites excluding steroid dienone is 6. The molecule has 0 aliphatic rings. The van der Waals surface area contributed by atoms with Crippen LogP contribution in [0.3, 0.4) is 0 Å². The Morgan fingerprint density at radius 2 is 1.24 bits per heavy atom. The smallest absolute Gasteiger partial charge is 0.132 e. The molecule has 0 heterocycles. The van der Waals surface area contributed by atoms with Gasteiger partial charge >= 0.3 is 0 Å². The Bertz CT molecular complexity index is 310. The predicted molar refractivity (Wildman–Crippen MR) is 94.6 cm³/mol. The maximum absolute atomic E-state index is 11.1. The first kappa shape index (κ1) is 19.9. The molecule has 1 heteroatoms.